The predicted molar refractivity (Wildman–Crippen MR) is 316 cm³/mol. The standard InChI is InChI=1S/C64H105O11P/c1-4-7-10-13-16-19-22-25-28-29-30-31-34-37-40-43-46-49-52-55-64(68)75-61(57-71-62(66)53-50-47-44-41-38-35-32-26-23-20-17-14-11-8-5-2)59-73-76(69,70)72-58-60(56-65)74-63(67)54-51-48-45-42-39-36-33-27-24-21-18-15-12-9-6-3/h7-8,10-11,16-21,25-28,30-33,38,41,60-61,65H,4-6,9,12-15,22-24,29,34-37,39-40,42-59H2,1-3H3,(H,69,70)/b10-7-,11-8-,19-16-,20-17-,21-18-,28-25-,31-30-,32-26-,33-27-,41-38-. The maximum atomic E-state index is 12.9. The molecule has 2 N–H and O–H groups in total. The highest BCUT2D eigenvalue weighted by Gasteiger charge is 2.28. The molecule has 0 bridgehead atoms. The van der Waals surface area contributed by atoms with Crippen LogP contribution in [0.5, 0.6) is 0 Å². The van der Waals surface area contributed by atoms with Gasteiger partial charge in [0.15, 0.2) is 6.10 Å². The van der Waals surface area contributed by atoms with Gasteiger partial charge in [0.05, 0.1) is 19.8 Å². The van der Waals surface area contributed by atoms with Gasteiger partial charge in [0.25, 0.3) is 0 Å². The SMILES string of the molecule is CC/C=C\C/C=C\C/C=C\C/C=C\CCCCCCCCC(=O)OC(COC(=O)CCCC/C=C\C/C=C\C/C=C\C/C=C\CC)COP(=O)(O)OCC(CO)OC(=O)CCCCCCC/C=C\C/C=C\CCCCC. The van der Waals surface area contributed by atoms with Gasteiger partial charge in [0.2, 0.25) is 0 Å². The first-order chi connectivity index (χ1) is 37.2. The molecule has 3 unspecified atom stereocenters. The van der Waals surface area contributed by atoms with Crippen LogP contribution < -0.4 is 0 Å². The summed E-state index contributed by atoms with van der Waals surface area (Å²) >= 11 is 0. The Balaban J connectivity index is 4.83. The lowest BCUT2D eigenvalue weighted by atomic mass is 10.1. The van der Waals surface area contributed by atoms with Crippen molar-refractivity contribution < 1.29 is 52.2 Å². The van der Waals surface area contributed by atoms with Crippen LogP contribution in [0.25, 0.3) is 0 Å². The molecule has 0 rings (SSSR count). The van der Waals surface area contributed by atoms with Crippen LogP contribution in [-0.2, 0) is 42.2 Å². The number of esters is 3. The van der Waals surface area contributed by atoms with E-state index in [2.05, 4.69) is 142 Å². The highest BCUT2D eigenvalue weighted by atomic mass is 31.2. The van der Waals surface area contributed by atoms with Gasteiger partial charge in [-0.15, -0.1) is 0 Å². The number of allylic oxidation sites excluding steroid dienone is 20. The Morgan fingerprint density at radius 1 is 0.382 bits per heavy atom. The van der Waals surface area contributed by atoms with Crippen molar-refractivity contribution in [3.63, 3.8) is 0 Å². The quantitative estimate of drug-likeness (QED) is 0.0197. The lowest BCUT2D eigenvalue weighted by Crippen LogP contribution is -2.30. The monoisotopic (exact) mass is 1080 g/mol. The Kier molecular flexibility index (Phi) is 54.0. The summed E-state index contributed by atoms with van der Waals surface area (Å²) in [6, 6.07) is 0. The highest BCUT2D eigenvalue weighted by Crippen LogP contribution is 2.43. The Bertz CT molecular complexity index is 1740. The lowest BCUT2D eigenvalue weighted by Gasteiger charge is -2.21. The molecule has 0 saturated carbocycles. The largest absolute Gasteiger partial charge is 0.472 e. The second-order valence-corrected chi connectivity index (χ2v) is 20.5. The van der Waals surface area contributed by atoms with Gasteiger partial charge in [0, 0.05) is 19.3 Å². The molecule has 0 aromatic rings. The van der Waals surface area contributed by atoms with E-state index in [0.717, 1.165) is 148 Å². The molecule has 12 heteroatoms. The third-order valence-electron chi connectivity index (χ3n) is 11.8. The van der Waals surface area contributed by atoms with Crippen LogP contribution in [0, 0.1) is 0 Å². The fourth-order valence-electron chi connectivity index (χ4n) is 7.43. The van der Waals surface area contributed by atoms with E-state index >= 15 is 0 Å². The number of carbonyl (C=O) groups excluding carboxylic acids is 3. The highest BCUT2D eigenvalue weighted by molar-refractivity contribution is 7.47. The molecule has 0 aromatic carbocycles. The minimum Gasteiger partial charge on any atom is -0.462 e. The van der Waals surface area contributed by atoms with E-state index in [9.17, 15) is 28.9 Å². The zero-order valence-electron chi connectivity index (χ0n) is 47.7. The zero-order chi connectivity index (χ0) is 55.5. The smallest absolute Gasteiger partial charge is 0.462 e. The first-order valence-electron chi connectivity index (χ1n) is 29.4. The molecule has 0 radical (unpaired) electrons. The average molecular weight is 1080 g/mol. The molecule has 0 heterocycles. The first kappa shape index (κ1) is 71.9. The number of aliphatic hydroxyl groups excluding tert-OH is 1. The van der Waals surface area contributed by atoms with E-state index in [1.807, 2.05) is 0 Å². The maximum absolute atomic E-state index is 12.9. The molecule has 0 saturated heterocycles. The Morgan fingerprint density at radius 3 is 1.08 bits per heavy atom. The summed E-state index contributed by atoms with van der Waals surface area (Å²) < 4.78 is 39.5. The minimum atomic E-state index is -4.77. The van der Waals surface area contributed by atoms with E-state index < -0.39 is 57.8 Å². The number of aliphatic hydroxyl groups is 1. The van der Waals surface area contributed by atoms with Crippen molar-refractivity contribution in [2.75, 3.05) is 26.4 Å². The first-order valence-corrected chi connectivity index (χ1v) is 30.9. The molecule has 0 amide bonds. The Morgan fingerprint density at radius 2 is 0.684 bits per heavy atom. The molecule has 432 valence electrons. The Hall–Kier alpha value is -4.12. The van der Waals surface area contributed by atoms with Crippen molar-refractivity contribution >= 4 is 25.7 Å². The van der Waals surface area contributed by atoms with Crippen molar-refractivity contribution in [3.8, 4) is 0 Å². The normalized spacial score (nSPS) is 14.2. The van der Waals surface area contributed by atoms with Crippen molar-refractivity contribution in [1.82, 2.24) is 0 Å². The maximum Gasteiger partial charge on any atom is 0.472 e. The number of phosphoric ester groups is 1. The zero-order valence-corrected chi connectivity index (χ0v) is 48.6. The molecule has 0 aliphatic heterocycles. The number of ether oxygens (including phenoxy) is 3. The van der Waals surface area contributed by atoms with E-state index in [-0.39, 0.29) is 25.9 Å². The van der Waals surface area contributed by atoms with Crippen LogP contribution in [0.3, 0.4) is 0 Å². The van der Waals surface area contributed by atoms with Gasteiger partial charge in [-0.1, -0.05) is 200 Å². The van der Waals surface area contributed by atoms with Crippen LogP contribution in [0.2, 0.25) is 0 Å². The molecule has 0 aliphatic carbocycles. The minimum absolute atomic E-state index is 0.135. The number of carbonyl (C=O) groups is 3. The molecule has 11 nitrogen and oxygen atoms in total. The summed E-state index contributed by atoms with van der Waals surface area (Å²) in [5.74, 6) is -1.56. The Labute approximate surface area is 462 Å². The summed E-state index contributed by atoms with van der Waals surface area (Å²) in [4.78, 5) is 48.6. The van der Waals surface area contributed by atoms with Crippen LogP contribution in [0.15, 0.2) is 122 Å². The number of hydrogen-bond donors (Lipinski definition) is 2. The molecular formula is C64H105O11P. The summed E-state index contributed by atoms with van der Waals surface area (Å²) in [5, 5.41) is 9.82. The second kappa shape index (κ2) is 57.1. The molecule has 0 fully saturated rings. The third kappa shape index (κ3) is 54.7. The summed E-state index contributed by atoms with van der Waals surface area (Å²) in [7, 11) is -4.77. The number of rotatable bonds is 53. The van der Waals surface area contributed by atoms with E-state index in [1.165, 1.54) is 19.3 Å². The van der Waals surface area contributed by atoms with E-state index in [0.29, 0.717) is 19.3 Å². The summed E-state index contributed by atoms with van der Waals surface area (Å²) in [6.07, 6.45) is 70.1. The topological polar surface area (TPSA) is 155 Å². The van der Waals surface area contributed by atoms with Gasteiger partial charge in [-0.3, -0.25) is 23.4 Å². The fraction of sp³-hybridized carbons (Fsp3) is 0.641. The number of hydrogen-bond acceptors (Lipinski definition) is 10. The number of phosphoric acid groups is 1. The molecular weight excluding hydrogens is 976 g/mol. The van der Waals surface area contributed by atoms with Gasteiger partial charge >= 0.3 is 25.7 Å². The fourth-order valence-corrected chi connectivity index (χ4v) is 8.21. The van der Waals surface area contributed by atoms with Gasteiger partial charge in [-0.2, -0.15) is 0 Å². The van der Waals surface area contributed by atoms with Crippen LogP contribution in [-0.4, -0.2) is 66.5 Å². The van der Waals surface area contributed by atoms with Crippen LogP contribution in [0.4, 0.5) is 0 Å². The molecule has 0 aromatic heterocycles. The van der Waals surface area contributed by atoms with Gasteiger partial charge < -0.3 is 24.2 Å². The lowest BCUT2D eigenvalue weighted by molar-refractivity contribution is -0.161. The second-order valence-electron chi connectivity index (χ2n) is 19.0. The van der Waals surface area contributed by atoms with Gasteiger partial charge in [-0.25, -0.2) is 4.57 Å². The van der Waals surface area contributed by atoms with E-state index in [4.69, 9.17) is 23.3 Å². The van der Waals surface area contributed by atoms with Gasteiger partial charge in [0.1, 0.15) is 12.7 Å². The average Bonchev–Trinajstić information content (AvgIpc) is 3.41. The van der Waals surface area contributed by atoms with Crippen molar-refractivity contribution in [2.24, 2.45) is 0 Å². The molecule has 76 heavy (non-hydrogen) atoms. The van der Waals surface area contributed by atoms with Gasteiger partial charge in [-0.05, 0) is 128 Å². The van der Waals surface area contributed by atoms with Crippen molar-refractivity contribution in [1.29, 1.82) is 0 Å². The van der Waals surface area contributed by atoms with Crippen LogP contribution in [0.1, 0.15) is 226 Å². The van der Waals surface area contributed by atoms with E-state index in [1.54, 1.807) is 0 Å². The molecule has 3 atom stereocenters. The summed E-state index contributed by atoms with van der Waals surface area (Å²) in [5.41, 5.74) is 0. The summed E-state index contributed by atoms with van der Waals surface area (Å²) in [6.45, 7) is 4.30. The van der Waals surface area contributed by atoms with Crippen molar-refractivity contribution in [2.45, 2.75) is 238 Å². The third-order valence-corrected chi connectivity index (χ3v) is 12.8. The predicted octanol–water partition coefficient (Wildman–Crippen LogP) is 17.6. The van der Waals surface area contributed by atoms with Crippen LogP contribution >= 0.6 is 7.82 Å². The molecule has 0 spiro atoms. The number of unbranched alkanes of at least 4 members (excludes halogenated alkanes) is 16. The molecule has 0 aliphatic rings. The van der Waals surface area contributed by atoms with Crippen molar-refractivity contribution in [3.05, 3.63) is 122 Å².